The summed E-state index contributed by atoms with van der Waals surface area (Å²) in [6.07, 6.45) is 0.793. The van der Waals surface area contributed by atoms with Crippen LogP contribution in [-0.4, -0.2) is 166 Å². The van der Waals surface area contributed by atoms with Gasteiger partial charge in [-0.1, -0.05) is 257 Å². The maximum atomic E-state index is 13.2. The second kappa shape index (κ2) is 40.1. The Morgan fingerprint density at radius 1 is 0.283 bits per heavy atom. The van der Waals surface area contributed by atoms with Gasteiger partial charge in [-0.05, 0) is 113 Å². The second-order valence-electron chi connectivity index (χ2n) is 36.9. The van der Waals surface area contributed by atoms with Crippen LogP contribution in [0.5, 0.6) is 11.5 Å². The van der Waals surface area contributed by atoms with Gasteiger partial charge in [-0.25, -0.2) is 27.4 Å². The summed E-state index contributed by atoms with van der Waals surface area (Å²) in [6.45, 7) is 14.4. The van der Waals surface area contributed by atoms with Gasteiger partial charge in [-0.3, -0.25) is 110 Å². The van der Waals surface area contributed by atoms with Crippen molar-refractivity contribution in [3.8, 4) is 33.8 Å². The topological polar surface area (TPSA) is 389 Å². The molecule has 18 aliphatic heterocycles. The van der Waals surface area contributed by atoms with E-state index in [4.69, 9.17) is 90.9 Å². The Balaban J connectivity index is 0.000000115. The quantitative estimate of drug-likeness (QED) is 0.0366. The summed E-state index contributed by atoms with van der Waals surface area (Å²) < 4.78 is 173. The predicted molar refractivity (Wildman–Crippen MR) is 502 cm³/mol. The Morgan fingerprint density at radius 3 is 0.971 bits per heavy atom. The molecule has 0 unspecified atom stereocenters. The zero-order valence-corrected chi connectivity index (χ0v) is 81.9. The third-order valence-corrected chi connectivity index (χ3v) is 33.9. The van der Waals surface area contributed by atoms with Crippen LogP contribution in [0.3, 0.4) is 0 Å². The van der Waals surface area contributed by atoms with E-state index in [1.54, 1.807) is 60.7 Å². The minimum atomic E-state index is -3.50. The number of benzene rings is 10. The van der Waals surface area contributed by atoms with Gasteiger partial charge in [0.05, 0.1) is 106 Å². The zero-order chi connectivity index (χ0) is 97.3. The lowest BCUT2D eigenvalue weighted by molar-refractivity contribution is -0.146. The molecule has 18 heterocycles. The van der Waals surface area contributed by atoms with Crippen molar-refractivity contribution in [2.24, 2.45) is 27.1 Å². The first-order valence-corrected chi connectivity index (χ1v) is 53.1. The minimum Gasteiger partial charge on any atom is -0.497 e. The van der Waals surface area contributed by atoms with Crippen molar-refractivity contribution in [2.75, 3.05) is 126 Å². The highest BCUT2D eigenvalue weighted by Gasteiger charge is 2.61. The third-order valence-electron chi connectivity index (χ3n) is 25.9. The first-order chi connectivity index (χ1) is 65.8. The molecule has 0 N–H and O–H groups in total. The fourth-order valence-corrected chi connectivity index (χ4v) is 25.5. The van der Waals surface area contributed by atoms with Crippen molar-refractivity contribution in [1.29, 1.82) is 0 Å². The normalized spacial score (nSPS) is 29.7. The van der Waals surface area contributed by atoms with Crippen LogP contribution in [0.4, 0.5) is 0 Å². The Kier molecular flexibility index (Phi) is 29.1. The smallest absolute Gasteiger partial charge is 0.475 e. The highest BCUT2D eigenvalue weighted by Crippen LogP contribution is 2.66. The van der Waals surface area contributed by atoms with E-state index in [2.05, 4.69) is 120 Å². The van der Waals surface area contributed by atoms with Gasteiger partial charge in [0, 0.05) is 38.5 Å². The molecule has 10 aromatic carbocycles. The van der Waals surface area contributed by atoms with E-state index in [-0.39, 0.29) is 132 Å². The molecule has 18 fully saturated rings. The van der Waals surface area contributed by atoms with Crippen LogP contribution in [0, 0.1) is 40.9 Å². The number of hydrogen-bond donors (Lipinski definition) is 0. The lowest BCUT2D eigenvalue weighted by Crippen LogP contribution is -2.55. The Labute approximate surface area is 797 Å². The standard InChI is InChI=1S/C20H21O5P.C19H21O5P.C18H17O5P.C18H19O4P.C13H13O7P.C12H11O6P/c1-19(2,16-8-4-3-5-9-16)17-10-6-7-15(11-17)18(21)20-12-23-26(22,24-13-20)25-14-20;1-18(2,15-7-4-3-5-8-15)16-9-6-10-17(11-16)24-19-12-21-25(20,22-13-19)23-14-19;1-13-3-2-4-16(9-13)14-5-7-15(8-6-14)17(19)18-10-21-24(20,22-11-18)23-12-18;1-14-3-2-4-17(9-14)16-7-5-15(6-8-16)10-18-11-20-23(19,21-12-18)22-13-18;1-17-10-4-2-9(3-5-10)11(14)12(15)13-6-18-21(16,19-7-13)20-8-13;13-10(9-4-2-1-3-5-9)11(14)12-6-16-19(15,17-7-12)18-8-12/h3-11H,12-14H2,1-2H3;3-11H,12-14H2,1-2H3;2-9H,10-12H2,1H3;2-9H,10-13H2,1H3;2-5H,6-8H2,1H3;1-5H,6-8H2. The van der Waals surface area contributed by atoms with Crippen molar-refractivity contribution in [3.63, 3.8) is 0 Å². The number of phosphoric ester groups is 6. The van der Waals surface area contributed by atoms with Crippen molar-refractivity contribution in [1.82, 2.24) is 0 Å². The number of carbonyl (C=O) groups excluding carboxylic acids is 6. The van der Waals surface area contributed by atoms with Crippen LogP contribution in [0.25, 0.3) is 22.3 Å². The van der Waals surface area contributed by atoms with Crippen molar-refractivity contribution in [3.05, 3.63) is 322 Å². The van der Waals surface area contributed by atoms with Gasteiger partial charge in [-0.2, -0.15) is 0 Å². The average molecular weight is 2000 g/mol. The first-order valence-electron chi connectivity index (χ1n) is 44.4. The molecule has 0 spiro atoms. The number of aryl methyl sites for hydroxylation is 2. The van der Waals surface area contributed by atoms with Crippen molar-refractivity contribution in [2.45, 2.75) is 64.4 Å². The third kappa shape index (κ3) is 21.8. The molecule has 28 rings (SSSR count). The Bertz CT molecular complexity index is 6370. The van der Waals surface area contributed by atoms with E-state index >= 15 is 0 Å². The van der Waals surface area contributed by atoms with Gasteiger partial charge in [0.2, 0.25) is 23.1 Å². The van der Waals surface area contributed by atoms with Gasteiger partial charge >= 0.3 is 46.9 Å². The molecule has 0 saturated carbocycles. The van der Waals surface area contributed by atoms with E-state index in [9.17, 15) is 56.2 Å². The van der Waals surface area contributed by atoms with Gasteiger partial charge in [-0.15, -0.1) is 0 Å². The number of rotatable bonds is 21. The highest BCUT2D eigenvalue weighted by molar-refractivity contribution is 7.50. The molecule has 12 bridgehead atoms. The molecule has 138 heavy (non-hydrogen) atoms. The number of phosphoric acid groups is 6. The molecule has 724 valence electrons. The van der Waals surface area contributed by atoms with E-state index < -0.39 is 97.3 Å². The number of Topliss-reactive ketones (excluding diaryl/α,β-unsaturated/α-hetero) is 6. The van der Waals surface area contributed by atoms with E-state index in [0.29, 0.717) is 42.3 Å². The van der Waals surface area contributed by atoms with Crippen molar-refractivity contribution >= 4 is 81.6 Å². The average Bonchev–Trinajstić information content (AvgIpc) is 0.754. The van der Waals surface area contributed by atoms with E-state index in [0.717, 1.165) is 34.4 Å². The lowest BCUT2D eigenvalue weighted by Gasteiger charge is -2.44. The number of ketones is 6. The maximum Gasteiger partial charge on any atom is 0.475 e. The highest BCUT2D eigenvalue weighted by atomic mass is 31.2. The summed E-state index contributed by atoms with van der Waals surface area (Å²) in [5.41, 5.74) is 8.93. The molecule has 0 radical (unpaired) electrons. The zero-order valence-electron chi connectivity index (χ0n) is 76.5. The lowest BCUT2D eigenvalue weighted by atomic mass is 9.76. The molecule has 0 atom stereocenters. The molecular weight excluding hydrogens is 1900 g/mol. The summed E-state index contributed by atoms with van der Waals surface area (Å²) in [5, 5.41) is 0. The summed E-state index contributed by atoms with van der Waals surface area (Å²) in [6, 6.07) is 83.3. The van der Waals surface area contributed by atoms with E-state index in [1.165, 1.54) is 58.2 Å². The molecular formula is C100H102O32P6. The number of ether oxygens (including phenoxy) is 2. The first kappa shape index (κ1) is 100. The van der Waals surface area contributed by atoms with Crippen LogP contribution in [0.15, 0.2) is 261 Å². The second-order valence-corrected chi connectivity index (χ2v) is 46.9. The largest absolute Gasteiger partial charge is 0.497 e. The van der Waals surface area contributed by atoms with Gasteiger partial charge < -0.3 is 9.47 Å². The Morgan fingerprint density at radius 2 is 0.587 bits per heavy atom. The van der Waals surface area contributed by atoms with Crippen LogP contribution in [0.2, 0.25) is 0 Å². The van der Waals surface area contributed by atoms with E-state index in [1.807, 2.05) is 110 Å². The number of fused-ring (bicyclic) bond motifs is 18. The minimum absolute atomic E-state index is 0.0649. The van der Waals surface area contributed by atoms with Gasteiger partial charge in [0.25, 0.3) is 0 Å². The summed E-state index contributed by atoms with van der Waals surface area (Å²) >= 11 is 0. The summed E-state index contributed by atoms with van der Waals surface area (Å²) in [4.78, 5) is 75.1. The van der Waals surface area contributed by atoms with Crippen LogP contribution < -0.4 is 9.47 Å². The molecule has 32 nitrogen and oxygen atoms in total. The predicted octanol–water partition coefficient (Wildman–Crippen LogP) is 20.3. The molecule has 10 aromatic rings. The Hall–Kier alpha value is -9.52. The van der Waals surface area contributed by atoms with Gasteiger partial charge in [0.1, 0.15) is 53.0 Å². The van der Waals surface area contributed by atoms with Crippen LogP contribution >= 0.6 is 46.9 Å². The number of methoxy groups -OCH3 is 1. The molecule has 18 saturated heterocycles. The fourth-order valence-electron chi connectivity index (χ4n) is 16.8. The number of carbonyl (C=O) groups is 6. The molecule has 0 aliphatic carbocycles. The van der Waals surface area contributed by atoms with Crippen LogP contribution in [-0.2, 0) is 136 Å². The molecule has 38 heteroatoms. The monoisotopic (exact) mass is 2000 g/mol. The SMILES string of the molecule is CC(C)(c1ccccc1)c1cccc(C(=O)C23COP(=O)(OC2)OC3)c1.CC(C)(c1ccccc1)c1cccc(OC23COP(=O)(OC2)OC3)c1.COc1ccc(C(=O)C(=O)C23COP(=O)(OC2)OC3)cc1.Cc1cccc(-c2ccc(C(=O)C34COP(=O)(OC3)OC4)cc2)c1.Cc1cccc(-c2ccc(CC34COP(=O)(OC3)OC4)cc2)c1.O=C(C(=O)C12COP(=O)(OC1)OC2)c1ccccc1. The maximum absolute atomic E-state index is 13.2. The fraction of sp³-hybridized carbons (Fsp3) is 0.340. The summed E-state index contributed by atoms with van der Waals surface area (Å²) in [7, 11) is -18.9. The summed E-state index contributed by atoms with van der Waals surface area (Å²) in [5.74, 6) is -1.48. The van der Waals surface area contributed by atoms with Gasteiger partial charge in [0.15, 0.2) is 17.2 Å². The molecule has 0 aromatic heterocycles. The molecule has 0 amide bonds. The van der Waals surface area contributed by atoms with Crippen molar-refractivity contribution < 1.29 is 147 Å². The van der Waals surface area contributed by atoms with Crippen LogP contribution in [0.1, 0.15) is 108 Å². The number of hydrogen-bond acceptors (Lipinski definition) is 32. The molecule has 18 aliphatic rings.